The van der Waals surface area contributed by atoms with Gasteiger partial charge in [-0.2, -0.15) is 0 Å². The molecule has 212 valence electrons. The van der Waals surface area contributed by atoms with Crippen molar-refractivity contribution in [1.82, 2.24) is 31.0 Å². The molecule has 9 nitrogen and oxygen atoms in total. The summed E-state index contributed by atoms with van der Waals surface area (Å²) in [6.45, 7) is 0.629. The van der Waals surface area contributed by atoms with E-state index in [1.165, 1.54) is 18.5 Å². The summed E-state index contributed by atoms with van der Waals surface area (Å²) >= 11 is 3.13. The van der Waals surface area contributed by atoms with Gasteiger partial charge >= 0.3 is 0 Å². The monoisotopic (exact) mass is 627 g/mol. The predicted octanol–water partition coefficient (Wildman–Crippen LogP) is 5.46. The molecule has 0 unspecified atom stereocenters. The van der Waals surface area contributed by atoms with E-state index in [1.54, 1.807) is 0 Å². The van der Waals surface area contributed by atoms with Crippen molar-refractivity contribution in [1.29, 1.82) is 0 Å². The number of carbonyl (C=O) groups excluding carboxylic acids is 2. The lowest BCUT2D eigenvalue weighted by molar-refractivity contribution is -0.121. The molecule has 4 rings (SSSR count). The van der Waals surface area contributed by atoms with Crippen molar-refractivity contribution in [3.63, 3.8) is 0 Å². The van der Waals surface area contributed by atoms with Crippen molar-refractivity contribution in [2.75, 3.05) is 11.9 Å². The van der Waals surface area contributed by atoms with Gasteiger partial charge in [0.15, 0.2) is 18.0 Å². The minimum atomic E-state index is -1.29. The highest BCUT2D eigenvalue weighted by Gasteiger charge is 2.20. The smallest absolute Gasteiger partial charge is 0.253 e. The van der Waals surface area contributed by atoms with Crippen LogP contribution in [0.2, 0.25) is 0 Å². The number of aromatic nitrogens is 4. The quantitative estimate of drug-likeness (QED) is 0.178. The lowest BCUT2D eigenvalue weighted by atomic mass is 10.1. The Kier molecular flexibility index (Phi) is 10.3. The molecule has 4 aromatic rings. The molecule has 0 atom stereocenters. The van der Waals surface area contributed by atoms with Crippen LogP contribution < -0.4 is 16.0 Å². The third-order valence-corrected chi connectivity index (χ3v) is 6.50. The minimum Gasteiger partial charge on any atom is -0.352 e. The van der Waals surface area contributed by atoms with Gasteiger partial charge in [-0.15, -0.1) is 20.4 Å². The molecule has 0 radical (unpaired) electrons. The second kappa shape index (κ2) is 14.3. The Labute approximate surface area is 242 Å². The van der Waals surface area contributed by atoms with Crippen molar-refractivity contribution in [3.8, 4) is 11.4 Å². The molecule has 0 saturated heterocycles. The first kappa shape index (κ1) is 29.6. The van der Waals surface area contributed by atoms with Gasteiger partial charge in [0.25, 0.3) is 5.91 Å². The lowest BCUT2D eigenvalue weighted by Gasteiger charge is -2.14. The van der Waals surface area contributed by atoms with Crippen LogP contribution in [0.15, 0.2) is 65.4 Å². The van der Waals surface area contributed by atoms with Crippen molar-refractivity contribution in [3.05, 3.63) is 94.0 Å². The van der Waals surface area contributed by atoms with Crippen LogP contribution in [0.4, 0.5) is 24.5 Å². The molecule has 2 amide bonds. The summed E-state index contributed by atoms with van der Waals surface area (Å²) in [5.74, 6) is -3.49. The molecule has 0 aliphatic heterocycles. The van der Waals surface area contributed by atoms with Gasteiger partial charge < -0.3 is 16.0 Å². The van der Waals surface area contributed by atoms with E-state index in [2.05, 4.69) is 52.3 Å². The fourth-order valence-electron chi connectivity index (χ4n) is 3.85. The number of nitrogens with zero attached hydrogens (tertiary/aromatic N) is 4. The first-order valence-electron chi connectivity index (χ1n) is 12.7. The molecular formula is C28H25BrF3N7O2. The maximum Gasteiger partial charge on any atom is 0.253 e. The zero-order valence-electron chi connectivity index (χ0n) is 21.6. The summed E-state index contributed by atoms with van der Waals surface area (Å²) in [5.41, 5.74) is 0.943. The standard InChI is InChI=1S/C28H25BrF3N7O2/c29-19-9-12-23(22(31)14-19)37-26-20(10-11-21(30)25(26)32)28(41)33-13-3-1-2-4-24(40)34-15-17-5-7-18(8-6-17)27-38-35-16-36-39-27/h5-12,14,16,37H,1-4,13,15H2,(H,33,41)(H,34,40). The van der Waals surface area contributed by atoms with E-state index in [4.69, 9.17) is 0 Å². The number of unbranched alkanes of at least 4 members (excludes halogenated alkanes) is 2. The number of carbonyl (C=O) groups is 2. The van der Waals surface area contributed by atoms with E-state index in [9.17, 15) is 22.8 Å². The second-order valence-corrected chi connectivity index (χ2v) is 9.86. The number of hydrogen-bond donors (Lipinski definition) is 3. The van der Waals surface area contributed by atoms with Crippen LogP contribution in [-0.4, -0.2) is 38.8 Å². The third-order valence-electron chi connectivity index (χ3n) is 6.01. The molecule has 0 bridgehead atoms. The molecule has 1 aromatic heterocycles. The maximum absolute atomic E-state index is 14.5. The Bertz CT molecular complexity index is 1510. The number of amides is 2. The van der Waals surface area contributed by atoms with Crippen LogP contribution in [-0.2, 0) is 11.3 Å². The van der Waals surface area contributed by atoms with Gasteiger partial charge in [-0.3, -0.25) is 9.59 Å². The topological polar surface area (TPSA) is 122 Å². The van der Waals surface area contributed by atoms with Crippen LogP contribution in [0, 0.1) is 17.5 Å². The molecule has 13 heteroatoms. The number of halogens is 4. The van der Waals surface area contributed by atoms with Gasteiger partial charge in [-0.05, 0) is 48.7 Å². The normalized spacial score (nSPS) is 10.7. The average Bonchev–Trinajstić information content (AvgIpc) is 2.98. The van der Waals surface area contributed by atoms with Gasteiger partial charge in [-0.25, -0.2) is 13.2 Å². The number of rotatable bonds is 12. The highest BCUT2D eigenvalue weighted by Crippen LogP contribution is 2.29. The summed E-state index contributed by atoms with van der Waals surface area (Å²) in [7, 11) is 0. The Hall–Kier alpha value is -4.39. The van der Waals surface area contributed by atoms with E-state index < -0.39 is 29.0 Å². The number of anilines is 2. The zero-order valence-corrected chi connectivity index (χ0v) is 23.2. The lowest BCUT2D eigenvalue weighted by Crippen LogP contribution is -2.26. The molecule has 0 aliphatic rings. The van der Waals surface area contributed by atoms with Gasteiger partial charge in [-0.1, -0.05) is 46.6 Å². The summed E-state index contributed by atoms with van der Waals surface area (Å²) in [5, 5.41) is 23.2. The molecule has 3 aromatic carbocycles. The highest BCUT2D eigenvalue weighted by molar-refractivity contribution is 9.10. The molecule has 0 spiro atoms. The van der Waals surface area contributed by atoms with E-state index in [0.717, 1.165) is 29.3 Å². The Morgan fingerprint density at radius 3 is 2.32 bits per heavy atom. The van der Waals surface area contributed by atoms with Crippen LogP contribution in [0.5, 0.6) is 0 Å². The minimum absolute atomic E-state index is 0.101. The van der Waals surface area contributed by atoms with E-state index in [0.29, 0.717) is 42.5 Å². The van der Waals surface area contributed by atoms with Crippen molar-refractivity contribution < 1.29 is 22.8 Å². The molecular weight excluding hydrogens is 603 g/mol. The number of hydrogen-bond acceptors (Lipinski definition) is 7. The molecule has 3 N–H and O–H groups in total. The van der Waals surface area contributed by atoms with E-state index >= 15 is 0 Å². The zero-order chi connectivity index (χ0) is 29.2. The summed E-state index contributed by atoms with van der Waals surface area (Å²) in [4.78, 5) is 24.9. The first-order chi connectivity index (χ1) is 19.8. The fraction of sp³-hybridized carbons (Fsp3) is 0.214. The van der Waals surface area contributed by atoms with Gasteiger partial charge in [0.1, 0.15) is 5.82 Å². The SMILES string of the molecule is O=C(CCCCCNC(=O)c1ccc(F)c(F)c1Nc1ccc(Br)cc1F)NCc1ccc(-c2nncnn2)cc1. The maximum atomic E-state index is 14.5. The van der Waals surface area contributed by atoms with Crippen molar-refractivity contribution >= 4 is 39.1 Å². The molecule has 0 saturated carbocycles. The molecule has 1 heterocycles. The predicted molar refractivity (Wildman–Crippen MR) is 149 cm³/mol. The summed E-state index contributed by atoms with van der Waals surface area (Å²) in [6.07, 6.45) is 3.40. The Balaban J connectivity index is 1.18. The van der Waals surface area contributed by atoms with Gasteiger partial charge in [0.05, 0.1) is 16.9 Å². The average molecular weight is 628 g/mol. The number of benzene rings is 3. The highest BCUT2D eigenvalue weighted by atomic mass is 79.9. The van der Waals surface area contributed by atoms with Gasteiger partial charge in [0, 0.05) is 29.5 Å². The third kappa shape index (κ3) is 8.30. The van der Waals surface area contributed by atoms with Crippen LogP contribution in [0.1, 0.15) is 41.6 Å². The summed E-state index contributed by atoms with van der Waals surface area (Å²) in [6, 6.07) is 13.4. The second-order valence-electron chi connectivity index (χ2n) is 8.94. The Morgan fingerprint density at radius 1 is 0.829 bits per heavy atom. The Morgan fingerprint density at radius 2 is 1.59 bits per heavy atom. The fourth-order valence-corrected chi connectivity index (χ4v) is 4.19. The van der Waals surface area contributed by atoms with E-state index in [1.807, 2.05) is 24.3 Å². The van der Waals surface area contributed by atoms with E-state index in [-0.39, 0.29) is 23.7 Å². The van der Waals surface area contributed by atoms with Crippen LogP contribution >= 0.6 is 15.9 Å². The first-order valence-corrected chi connectivity index (χ1v) is 13.5. The van der Waals surface area contributed by atoms with Crippen LogP contribution in [0.3, 0.4) is 0 Å². The largest absolute Gasteiger partial charge is 0.352 e. The number of nitrogens with one attached hydrogen (secondary N) is 3. The van der Waals surface area contributed by atoms with Crippen LogP contribution in [0.25, 0.3) is 11.4 Å². The van der Waals surface area contributed by atoms with Crippen molar-refractivity contribution in [2.24, 2.45) is 0 Å². The molecule has 0 aliphatic carbocycles. The van der Waals surface area contributed by atoms with Gasteiger partial charge in [0.2, 0.25) is 11.7 Å². The summed E-state index contributed by atoms with van der Waals surface area (Å²) < 4.78 is 43.1. The molecule has 0 fully saturated rings. The van der Waals surface area contributed by atoms with Crippen molar-refractivity contribution in [2.45, 2.75) is 32.2 Å². The molecule has 41 heavy (non-hydrogen) atoms.